The molecule has 3 N–H and O–H groups in total. The Hall–Kier alpha value is -1.61. The van der Waals surface area contributed by atoms with Crippen LogP contribution in [0.25, 0.3) is 0 Å². The van der Waals surface area contributed by atoms with Gasteiger partial charge in [0.15, 0.2) is 5.76 Å². The molecule has 0 aromatic carbocycles. The van der Waals surface area contributed by atoms with Gasteiger partial charge in [0.1, 0.15) is 11.8 Å². The van der Waals surface area contributed by atoms with Crippen LogP contribution in [-0.4, -0.2) is 40.5 Å². The fourth-order valence-electron chi connectivity index (χ4n) is 1.34. The fraction of sp³-hybridized carbons (Fsp3) is 0.455. The van der Waals surface area contributed by atoms with Gasteiger partial charge in [-0.15, -0.1) is 0 Å². The van der Waals surface area contributed by atoms with Gasteiger partial charge >= 0.3 is 5.97 Å². The highest BCUT2D eigenvalue weighted by Crippen LogP contribution is 2.21. The Balaban J connectivity index is 2.60. The summed E-state index contributed by atoms with van der Waals surface area (Å²) in [5.74, 6) is -4.68. The first-order valence-electron chi connectivity index (χ1n) is 5.57. The third-order valence-electron chi connectivity index (χ3n) is 2.26. The molecule has 0 saturated heterocycles. The van der Waals surface area contributed by atoms with Gasteiger partial charge in [-0.2, -0.15) is 8.78 Å². The standard InChI is InChI=1S/C11H13F2NO5S/c12-11(13)20-5-6-1-2-8(19-6)9(16)14-7(3-4-15)10(17)18/h1-2,7,11,15H,3-5H2,(H,14,16)(H,17,18)/t7-/m1/s1. The van der Waals surface area contributed by atoms with Crippen molar-refractivity contribution in [2.24, 2.45) is 0 Å². The second-order valence-electron chi connectivity index (χ2n) is 3.71. The highest BCUT2D eigenvalue weighted by Gasteiger charge is 2.21. The first kappa shape index (κ1) is 16.4. The van der Waals surface area contributed by atoms with Crippen molar-refractivity contribution in [3.8, 4) is 0 Å². The van der Waals surface area contributed by atoms with Crippen molar-refractivity contribution in [1.82, 2.24) is 5.32 Å². The summed E-state index contributed by atoms with van der Waals surface area (Å²) in [6, 6.07) is 1.40. The number of hydrogen-bond donors (Lipinski definition) is 3. The number of carbonyl (C=O) groups is 2. The molecule has 1 heterocycles. The Kier molecular flexibility index (Phi) is 6.46. The molecule has 0 bridgehead atoms. The predicted molar refractivity (Wildman–Crippen MR) is 66.6 cm³/mol. The lowest BCUT2D eigenvalue weighted by Gasteiger charge is -2.11. The van der Waals surface area contributed by atoms with Gasteiger partial charge in [-0.1, -0.05) is 11.8 Å². The number of thioether (sulfide) groups is 1. The number of aliphatic hydroxyl groups excluding tert-OH is 1. The summed E-state index contributed by atoms with van der Waals surface area (Å²) in [4.78, 5) is 22.5. The number of furan rings is 1. The van der Waals surface area contributed by atoms with Crippen LogP contribution >= 0.6 is 11.8 Å². The molecule has 9 heteroatoms. The number of carboxylic acids is 1. The van der Waals surface area contributed by atoms with Gasteiger partial charge in [-0.25, -0.2) is 4.79 Å². The summed E-state index contributed by atoms with van der Waals surface area (Å²) in [7, 11) is 0. The van der Waals surface area contributed by atoms with Crippen LogP contribution in [0.2, 0.25) is 0 Å². The highest BCUT2D eigenvalue weighted by atomic mass is 32.2. The quantitative estimate of drug-likeness (QED) is 0.669. The van der Waals surface area contributed by atoms with E-state index in [1.54, 1.807) is 0 Å². The van der Waals surface area contributed by atoms with Crippen molar-refractivity contribution < 1.29 is 33.0 Å². The average Bonchev–Trinajstić information content (AvgIpc) is 2.84. The zero-order valence-corrected chi connectivity index (χ0v) is 11.0. The van der Waals surface area contributed by atoms with E-state index < -0.39 is 30.3 Å². The minimum absolute atomic E-state index is 0.0933. The molecule has 0 aliphatic rings. The zero-order valence-electron chi connectivity index (χ0n) is 10.2. The molecule has 0 spiro atoms. The van der Waals surface area contributed by atoms with Gasteiger partial charge in [-0.3, -0.25) is 4.79 Å². The Bertz CT molecular complexity index is 465. The number of aliphatic hydroxyl groups is 1. The van der Waals surface area contributed by atoms with Crippen LogP contribution in [0.1, 0.15) is 22.7 Å². The first-order chi connectivity index (χ1) is 9.43. The number of carbonyl (C=O) groups excluding carboxylic acids is 1. The Morgan fingerprint density at radius 3 is 2.65 bits per heavy atom. The van der Waals surface area contributed by atoms with Crippen LogP contribution in [0.5, 0.6) is 0 Å². The maximum absolute atomic E-state index is 12.0. The van der Waals surface area contributed by atoms with E-state index in [9.17, 15) is 18.4 Å². The molecule has 0 aliphatic heterocycles. The molecule has 20 heavy (non-hydrogen) atoms. The molecule has 1 aromatic rings. The molecule has 0 aliphatic carbocycles. The van der Waals surface area contributed by atoms with Crippen LogP contribution in [0.3, 0.4) is 0 Å². The molecule has 112 valence electrons. The third-order valence-corrected chi connectivity index (χ3v) is 2.96. The lowest BCUT2D eigenvalue weighted by atomic mass is 10.2. The lowest BCUT2D eigenvalue weighted by molar-refractivity contribution is -0.139. The van der Waals surface area contributed by atoms with Gasteiger partial charge in [-0.05, 0) is 12.1 Å². The number of rotatable bonds is 8. The SMILES string of the molecule is O=C(N[C@H](CCO)C(=O)O)c1ccc(CSC(F)F)o1. The molecular formula is C11H13F2NO5S. The summed E-state index contributed by atoms with van der Waals surface area (Å²) >= 11 is 0.350. The van der Waals surface area contributed by atoms with Crippen LogP contribution in [-0.2, 0) is 10.5 Å². The molecule has 0 fully saturated rings. The van der Waals surface area contributed by atoms with Gasteiger partial charge < -0.3 is 19.9 Å². The summed E-state index contributed by atoms with van der Waals surface area (Å²) in [5.41, 5.74) is 0. The van der Waals surface area contributed by atoms with E-state index in [0.717, 1.165) is 0 Å². The monoisotopic (exact) mass is 309 g/mol. The van der Waals surface area contributed by atoms with Gasteiger partial charge in [0.2, 0.25) is 0 Å². The van der Waals surface area contributed by atoms with Gasteiger partial charge in [0.25, 0.3) is 11.7 Å². The second kappa shape index (κ2) is 7.85. The van der Waals surface area contributed by atoms with E-state index in [0.29, 0.717) is 11.8 Å². The minimum Gasteiger partial charge on any atom is -0.480 e. The van der Waals surface area contributed by atoms with E-state index in [1.807, 2.05) is 0 Å². The molecule has 1 atom stereocenters. The maximum Gasteiger partial charge on any atom is 0.326 e. The van der Waals surface area contributed by atoms with Crippen LogP contribution in [0.15, 0.2) is 16.5 Å². The molecule has 1 rings (SSSR count). The van der Waals surface area contributed by atoms with E-state index in [1.165, 1.54) is 12.1 Å². The van der Waals surface area contributed by atoms with Crippen molar-refractivity contribution in [3.05, 3.63) is 23.7 Å². The number of aliphatic carboxylic acids is 1. The molecule has 6 nitrogen and oxygen atoms in total. The topological polar surface area (TPSA) is 99.8 Å². The van der Waals surface area contributed by atoms with Crippen molar-refractivity contribution in [1.29, 1.82) is 0 Å². The largest absolute Gasteiger partial charge is 0.480 e. The number of nitrogens with one attached hydrogen (secondary N) is 1. The van der Waals surface area contributed by atoms with Crippen molar-refractivity contribution in [2.75, 3.05) is 6.61 Å². The molecule has 1 amide bonds. The van der Waals surface area contributed by atoms with E-state index in [4.69, 9.17) is 14.6 Å². The number of amides is 1. The van der Waals surface area contributed by atoms with E-state index in [2.05, 4.69) is 5.32 Å². The summed E-state index contributed by atoms with van der Waals surface area (Å²) < 4.78 is 29.0. The minimum atomic E-state index is -2.54. The molecular weight excluding hydrogens is 296 g/mol. The van der Waals surface area contributed by atoms with E-state index in [-0.39, 0.29) is 23.7 Å². The van der Waals surface area contributed by atoms with Gasteiger partial charge in [0.05, 0.1) is 5.75 Å². The maximum atomic E-state index is 12.0. The highest BCUT2D eigenvalue weighted by molar-refractivity contribution is 7.98. The summed E-state index contributed by atoms with van der Waals surface area (Å²) in [6.45, 7) is -0.397. The molecule has 0 unspecified atom stereocenters. The number of carboxylic acid groups (broad SMARTS) is 1. The first-order valence-corrected chi connectivity index (χ1v) is 6.62. The molecule has 1 aromatic heterocycles. The van der Waals surface area contributed by atoms with E-state index >= 15 is 0 Å². The van der Waals surface area contributed by atoms with Crippen LogP contribution < -0.4 is 5.32 Å². The Morgan fingerprint density at radius 2 is 2.10 bits per heavy atom. The molecule has 0 radical (unpaired) electrons. The van der Waals surface area contributed by atoms with Crippen LogP contribution in [0, 0.1) is 0 Å². The average molecular weight is 309 g/mol. The predicted octanol–water partition coefficient (Wildman–Crippen LogP) is 1.30. The molecule has 0 saturated carbocycles. The smallest absolute Gasteiger partial charge is 0.326 e. The second-order valence-corrected chi connectivity index (χ2v) is 4.69. The van der Waals surface area contributed by atoms with Crippen molar-refractivity contribution >= 4 is 23.6 Å². The van der Waals surface area contributed by atoms with Crippen molar-refractivity contribution in [2.45, 2.75) is 24.0 Å². The number of hydrogen-bond acceptors (Lipinski definition) is 5. The fourth-order valence-corrected chi connectivity index (χ4v) is 1.78. The zero-order chi connectivity index (χ0) is 15.1. The Morgan fingerprint density at radius 1 is 1.40 bits per heavy atom. The number of alkyl halides is 2. The third kappa shape index (κ3) is 5.17. The van der Waals surface area contributed by atoms with Crippen molar-refractivity contribution in [3.63, 3.8) is 0 Å². The normalized spacial score (nSPS) is 12.4. The lowest BCUT2D eigenvalue weighted by Crippen LogP contribution is -2.41. The summed E-state index contributed by atoms with van der Waals surface area (Å²) in [6.07, 6.45) is -0.143. The van der Waals surface area contributed by atoms with Gasteiger partial charge in [0, 0.05) is 13.0 Å². The summed E-state index contributed by atoms with van der Waals surface area (Å²) in [5, 5.41) is 19.7. The Labute approximate surface area is 117 Å². The van der Waals surface area contributed by atoms with Crippen LogP contribution in [0.4, 0.5) is 8.78 Å². The number of halogens is 2.